The van der Waals surface area contributed by atoms with Crippen molar-refractivity contribution >= 4 is 0 Å². The van der Waals surface area contributed by atoms with Gasteiger partial charge in [0, 0.05) is 18.7 Å². The van der Waals surface area contributed by atoms with Crippen LogP contribution >= 0.6 is 0 Å². The summed E-state index contributed by atoms with van der Waals surface area (Å²) in [5, 5.41) is 3.75. The van der Waals surface area contributed by atoms with Crippen molar-refractivity contribution in [1.29, 1.82) is 0 Å². The highest BCUT2D eigenvalue weighted by Crippen LogP contribution is 2.20. The molecule has 0 saturated carbocycles. The lowest BCUT2D eigenvalue weighted by atomic mass is 9.96. The van der Waals surface area contributed by atoms with Gasteiger partial charge >= 0.3 is 0 Å². The van der Waals surface area contributed by atoms with Gasteiger partial charge in [-0.1, -0.05) is 13.8 Å². The zero-order valence-electron chi connectivity index (χ0n) is 12.0. The normalized spacial score (nSPS) is 31.8. The summed E-state index contributed by atoms with van der Waals surface area (Å²) in [7, 11) is 0. The molecule has 0 radical (unpaired) electrons. The van der Waals surface area contributed by atoms with Crippen LogP contribution in [-0.4, -0.2) is 37.5 Å². The Labute approximate surface area is 106 Å². The second-order valence-corrected chi connectivity index (χ2v) is 5.60. The standard InChI is InChI=1S/C14H29NO2/c1-6-16-9-14(10(2)3)15-13-7-11(4)17-12(5)8-13/h10-15H,6-9H2,1-5H3. The second kappa shape index (κ2) is 7.34. The molecular weight excluding hydrogens is 214 g/mol. The Morgan fingerprint density at radius 2 is 1.82 bits per heavy atom. The van der Waals surface area contributed by atoms with Gasteiger partial charge in [0.25, 0.3) is 0 Å². The Morgan fingerprint density at radius 3 is 2.29 bits per heavy atom. The summed E-state index contributed by atoms with van der Waals surface area (Å²) in [4.78, 5) is 0. The van der Waals surface area contributed by atoms with Crippen LogP contribution in [0.4, 0.5) is 0 Å². The molecule has 102 valence electrons. The lowest BCUT2D eigenvalue weighted by Gasteiger charge is -2.36. The Kier molecular flexibility index (Phi) is 6.45. The summed E-state index contributed by atoms with van der Waals surface area (Å²) in [5.74, 6) is 0.606. The smallest absolute Gasteiger partial charge is 0.0622 e. The predicted octanol–water partition coefficient (Wildman–Crippen LogP) is 2.59. The molecule has 0 aromatic heterocycles. The molecule has 17 heavy (non-hydrogen) atoms. The molecule has 1 N–H and O–H groups in total. The summed E-state index contributed by atoms with van der Waals surface area (Å²) in [6.07, 6.45) is 2.96. The van der Waals surface area contributed by atoms with E-state index in [4.69, 9.17) is 9.47 Å². The lowest BCUT2D eigenvalue weighted by molar-refractivity contribution is -0.0463. The molecule has 0 aromatic carbocycles. The number of nitrogens with one attached hydrogen (secondary N) is 1. The van der Waals surface area contributed by atoms with Crippen LogP contribution in [0.1, 0.15) is 47.5 Å². The van der Waals surface area contributed by atoms with Gasteiger partial charge < -0.3 is 14.8 Å². The Bertz CT molecular complexity index is 198. The molecule has 3 unspecified atom stereocenters. The van der Waals surface area contributed by atoms with Crippen molar-refractivity contribution < 1.29 is 9.47 Å². The topological polar surface area (TPSA) is 30.5 Å². The third-order valence-electron chi connectivity index (χ3n) is 3.45. The molecule has 1 heterocycles. The number of hydrogen-bond donors (Lipinski definition) is 1. The average molecular weight is 243 g/mol. The monoisotopic (exact) mass is 243 g/mol. The third kappa shape index (κ3) is 5.36. The van der Waals surface area contributed by atoms with E-state index in [9.17, 15) is 0 Å². The van der Waals surface area contributed by atoms with E-state index in [0.29, 0.717) is 30.2 Å². The highest BCUT2D eigenvalue weighted by atomic mass is 16.5. The molecule has 1 rings (SSSR count). The van der Waals surface area contributed by atoms with Gasteiger partial charge in [-0.3, -0.25) is 0 Å². The van der Waals surface area contributed by atoms with Crippen LogP contribution in [0.5, 0.6) is 0 Å². The molecule has 3 nitrogen and oxygen atoms in total. The van der Waals surface area contributed by atoms with Crippen LogP contribution in [-0.2, 0) is 9.47 Å². The summed E-state index contributed by atoms with van der Waals surface area (Å²) >= 11 is 0. The van der Waals surface area contributed by atoms with Gasteiger partial charge in [0.2, 0.25) is 0 Å². The Morgan fingerprint density at radius 1 is 1.24 bits per heavy atom. The summed E-state index contributed by atoms with van der Waals surface area (Å²) in [5.41, 5.74) is 0. The molecule has 0 bridgehead atoms. The Hall–Kier alpha value is -0.120. The van der Waals surface area contributed by atoms with E-state index in [1.54, 1.807) is 0 Å². The van der Waals surface area contributed by atoms with Crippen LogP contribution in [0, 0.1) is 5.92 Å². The van der Waals surface area contributed by atoms with E-state index >= 15 is 0 Å². The van der Waals surface area contributed by atoms with Gasteiger partial charge in [0.05, 0.1) is 18.8 Å². The first kappa shape index (κ1) is 14.9. The van der Waals surface area contributed by atoms with Crippen molar-refractivity contribution in [2.24, 2.45) is 5.92 Å². The van der Waals surface area contributed by atoms with Crippen LogP contribution in [0.2, 0.25) is 0 Å². The highest BCUT2D eigenvalue weighted by molar-refractivity contribution is 4.83. The quantitative estimate of drug-likeness (QED) is 0.778. The third-order valence-corrected chi connectivity index (χ3v) is 3.45. The first-order chi connectivity index (χ1) is 8.02. The Balaban J connectivity index is 2.42. The molecular formula is C14H29NO2. The minimum atomic E-state index is 0.371. The molecule has 1 fully saturated rings. The SMILES string of the molecule is CCOCC(NC1CC(C)OC(C)C1)C(C)C. The summed E-state index contributed by atoms with van der Waals surface area (Å²) in [6, 6.07) is 1.03. The van der Waals surface area contributed by atoms with E-state index in [1.165, 1.54) is 0 Å². The maximum atomic E-state index is 5.77. The van der Waals surface area contributed by atoms with E-state index in [-0.39, 0.29) is 0 Å². The minimum Gasteiger partial charge on any atom is -0.380 e. The summed E-state index contributed by atoms with van der Waals surface area (Å²) < 4.78 is 11.3. The van der Waals surface area contributed by atoms with Gasteiger partial charge in [-0.25, -0.2) is 0 Å². The fourth-order valence-corrected chi connectivity index (χ4v) is 2.52. The highest BCUT2D eigenvalue weighted by Gasteiger charge is 2.27. The van der Waals surface area contributed by atoms with Gasteiger partial charge in [-0.15, -0.1) is 0 Å². The van der Waals surface area contributed by atoms with Crippen molar-refractivity contribution in [3.8, 4) is 0 Å². The fourth-order valence-electron chi connectivity index (χ4n) is 2.52. The maximum absolute atomic E-state index is 5.77. The van der Waals surface area contributed by atoms with Crippen LogP contribution in [0.25, 0.3) is 0 Å². The zero-order valence-corrected chi connectivity index (χ0v) is 12.0. The molecule has 1 aliphatic rings. The van der Waals surface area contributed by atoms with Gasteiger partial charge in [0.15, 0.2) is 0 Å². The van der Waals surface area contributed by atoms with Crippen molar-refractivity contribution in [3.05, 3.63) is 0 Å². The summed E-state index contributed by atoms with van der Waals surface area (Å²) in [6.45, 7) is 12.5. The average Bonchev–Trinajstić information content (AvgIpc) is 2.22. The van der Waals surface area contributed by atoms with Crippen molar-refractivity contribution in [3.63, 3.8) is 0 Å². The number of rotatable bonds is 6. The predicted molar refractivity (Wildman–Crippen MR) is 71.3 cm³/mol. The van der Waals surface area contributed by atoms with E-state index in [2.05, 4.69) is 39.9 Å². The van der Waals surface area contributed by atoms with Crippen LogP contribution in [0.15, 0.2) is 0 Å². The largest absolute Gasteiger partial charge is 0.380 e. The molecule has 0 spiro atoms. The maximum Gasteiger partial charge on any atom is 0.0622 e. The van der Waals surface area contributed by atoms with Gasteiger partial charge in [-0.2, -0.15) is 0 Å². The van der Waals surface area contributed by atoms with Crippen LogP contribution in [0.3, 0.4) is 0 Å². The number of hydrogen-bond acceptors (Lipinski definition) is 3. The molecule has 1 saturated heterocycles. The van der Waals surface area contributed by atoms with Gasteiger partial charge in [-0.05, 0) is 39.5 Å². The minimum absolute atomic E-state index is 0.371. The molecule has 0 aromatic rings. The first-order valence-corrected chi connectivity index (χ1v) is 7.02. The van der Waals surface area contributed by atoms with E-state index in [1.807, 2.05) is 0 Å². The number of ether oxygens (including phenoxy) is 2. The first-order valence-electron chi connectivity index (χ1n) is 7.02. The molecule has 3 heteroatoms. The van der Waals surface area contributed by atoms with Gasteiger partial charge in [0.1, 0.15) is 0 Å². The lowest BCUT2D eigenvalue weighted by Crippen LogP contribution is -2.49. The molecule has 1 aliphatic heterocycles. The zero-order chi connectivity index (χ0) is 12.8. The van der Waals surface area contributed by atoms with Crippen molar-refractivity contribution in [2.75, 3.05) is 13.2 Å². The van der Waals surface area contributed by atoms with Crippen molar-refractivity contribution in [1.82, 2.24) is 5.32 Å². The molecule has 3 atom stereocenters. The van der Waals surface area contributed by atoms with E-state index < -0.39 is 0 Å². The van der Waals surface area contributed by atoms with E-state index in [0.717, 1.165) is 26.1 Å². The molecule has 0 amide bonds. The second-order valence-electron chi connectivity index (χ2n) is 5.60. The molecule has 0 aliphatic carbocycles. The fraction of sp³-hybridized carbons (Fsp3) is 1.00. The van der Waals surface area contributed by atoms with Crippen LogP contribution < -0.4 is 5.32 Å². The van der Waals surface area contributed by atoms with Crippen molar-refractivity contribution in [2.45, 2.75) is 71.8 Å².